The number of hydrogen-bond donors (Lipinski definition) is 3. The minimum Gasteiger partial charge on any atom is -0.482 e. The number of benzene rings is 1. The van der Waals surface area contributed by atoms with Gasteiger partial charge in [0.2, 0.25) is 0 Å². The van der Waals surface area contributed by atoms with E-state index in [4.69, 9.17) is 16.2 Å². The van der Waals surface area contributed by atoms with Crippen LogP contribution >= 0.6 is 0 Å². The molecule has 0 atom stereocenters. The first-order chi connectivity index (χ1) is 13.2. The van der Waals surface area contributed by atoms with Crippen molar-refractivity contribution in [2.45, 2.75) is 39.7 Å². The quantitative estimate of drug-likeness (QED) is 0.681. The van der Waals surface area contributed by atoms with E-state index >= 15 is 0 Å². The van der Waals surface area contributed by atoms with Gasteiger partial charge in [-0.25, -0.2) is 9.37 Å². The Labute approximate surface area is 163 Å². The van der Waals surface area contributed by atoms with E-state index in [2.05, 4.69) is 35.6 Å². The average Bonchev–Trinajstić information content (AvgIpc) is 3.03. The van der Waals surface area contributed by atoms with Gasteiger partial charge in [0, 0.05) is 11.5 Å². The van der Waals surface area contributed by atoms with Gasteiger partial charge in [-0.2, -0.15) is 0 Å². The van der Waals surface area contributed by atoms with E-state index in [9.17, 15) is 9.18 Å². The minimum atomic E-state index is -0.732. The summed E-state index contributed by atoms with van der Waals surface area (Å²) in [5.41, 5.74) is 12.9. The van der Waals surface area contributed by atoms with Crippen LogP contribution in [0.15, 0.2) is 18.0 Å². The second kappa shape index (κ2) is 7.43. The molecule has 2 aromatic rings. The van der Waals surface area contributed by atoms with Crippen LogP contribution in [0.25, 0.3) is 16.6 Å². The monoisotopic (exact) mass is 389 g/mol. The molecule has 152 valence electrons. The number of carbonyl (C=O) groups excluding carboxylic acids is 1. The number of carbonyl (C=O) groups is 1. The second-order valence-electron chi connectivity index (χ2n) is 7.93. The smallest absolute Gasteiger partial charge is 0.251 e. The zero-order valence-electron chi connectivity index (χ0n) is 16.8. The van der Waals surface area contributed by atoms with Crippen molar-refractivity contribution in [3.8, 4) is 0 Å². The number of H-pyrrole nitrogens is 1. The van der Waals surface area contributed by atoms with Crippen LogP contribution < -0.4 is 11.5 Å². The number of ether oxygens (including phenoxy) is 1. The van der Waals surface area contributed by atoms with Crippen molar-refractivity contribution in [2.24, 2.45) is 16.9 Å². The van der Waals surface area contributed by atoms with Crippen molar-refractivity contribution in [3.05, 3.63) is 35.2 Å². The lowest BCUT2D eigenvalue weighted by Gasteiger charge is -2.42. The normalized spacial score (nSPS) is 18.4. The van der Waals surface area contributed by atoms with E-state index in [1.54, 1.807) is 0 Å². The van der Waals surface area contributed by atoms with Crippen LogP contribution in [0.3, 0.4) is 0 Å². The molecule has 1 aromatic carbocycles. The standard InChI is InChI=1S/C20H28FN5O2/c1-11(2)26-7-5-20(3,6-8-26)15(18(23)28-4)19-24-14-10-12(21)9-13(17(22)27)16(14)25-19/h9-11H,5-8,23H2,1-4H3,(H2,22,27)(H,24,25). The molecule has 5 N–H and O–H groups in total. The van der Waals surface area contributed by atoms with E-state index in [1.807, 2.05) is 0 Å². The summed E-state index contributed by atoms with van der Waals surface area (Å²) in [4.78, 5) is 21.8. The maximum Gasteiger partial charge on any atom is 0.251 e. The van der Waals surface area contributed by atoms with Gasteiger partial charge in [-0.3, -0.25) is 4.79 Å². The van der Waals surface area contributed by atoms with Crippen LogP contribution in [0.1, 0.15) is 49.8 Å². The minimum absolute atomic E-state index is 0.0348. The Hall–Kier alpha value is -2.61. The number of nitrogens with zero attached hydrogens (tertiary/aromatic N) is 2. The molecular formula is C20H28FN5O2. The number of rotatable bonds is 5. The average molecular weight is 389 g/mol. The number of hydrogen-bond acceptors (Lipinski definition) is 5. The van der Waals surface area contributed by atoms with Crippen LogP contribution in [-0.2, 0) is 4.74 Å². The first kappa shape index (κ1) is 20.1. The highest BCUT2D eigenvalue weighted by Gasteiger charge is 2.38. The fourth-order valence-electron chi connectivity index (χ4n) is 3.97. The Bertz CT molecular complexity index is 926. The molecule has 2 heterocycles. The van der Waals surface area contributed by atoms with Gasteiger partial charge in [-0.05, 0) is 51.9 Å². The summed E-state index contributed by atoms with van der Waals surface area (Å²) in [5, 5.41) is 0. The predicted octanol–water partition coefficient (Wildman–Crippen LogP) is 2.59. The molecule has 1 aliphatic rings. The number of aromatic amines is 1. The van der Waals surface area contributed by atoms with Crippen molar-refractivity contribution in [1.82, 2.24) is 14.9 Å². The molecular weight excluding hydrogens is 361 g/mol. The number of primary amides is 1. The molecule has 0 bridgehead atoms. The third-order valence-corrected chi connectivity index (χ3v) is 5.76. The molecule has 0 unspecified atom stereocenters. The summed E-state index contributed by atoms with van der Waals surface area (Å²) in [6.45, 7) is 8.35. The first-order valence-electron chi connectivity index (χ1n) is 9.44. The van der Waals surface area contributed by atoms with Gasteiger partial charge in [0.1, 0.15) is 17.2 Å². The van der Waals surface area contributed by atoms with Crippen LogP contribution in [0.5, 0.6) is 0 Å². The lowest BCUT2D eigenvalue weighted by Crippen LogP contribution is -2.43. The van der Waals surface area contributed by atoms with Crippen molar-refractivity contribution in [1.29, 1.82) is 0 Å². The van der Waals surface area contributed by atoms with E-state index in [1.165, 1.54) is 13.2 Å². The van der Waals surface area contributed by atoms with Crippen molar-refractivity contribution < 1.29 is 13.9 Å². The summed E-state index contributed by atoms with van der Waals surface area (Å²) in [6.07, 6.45) is 1.75. The lowest BCUT2D eigenvalue weighted by molar-refractivity contribution is 0.100. The predicted molar refractivity (Wildman–Crippen MR) is 107 cm³/mol. The molecule has 0 saturated carbocycles. The Morgan fingerprint density at radius 1 is 1.32 bits per heavy atom. The Morgan fingerprint density at radius 2 is 1.96 bits per heavy atom. The summed E-state index contributed by atoms with van der Waals surface area (Å²) >= 11 is 0. The summed E-state index contributed by atoms with van der Waals surface area (Å²) in [7, 11) is 1.51. The number of nitrogens with one attached hydrogen (secondary N) is 1. The number of fused-ring (bicyclic) bond motifs is 1. The zero-order chi connectivity index (χ0) is 20.6. The van der Waals surface area contributed by atoms with E-state index in [0.29, 0.717) is 22.9 Å². The number of nitrogens with two attached hydrogens (primary N) is 2. The molecule has 0 radical (unpaired) electrons. The van der Waals surface area contributed by atoms with Crippen LogP contribution in [0.4, 0.5) is 4.39 Å². The molecule has 0 aliphatic carbocycles. The number of aromatic nitrogens is 2. The van der Waals surface area contributed by atoms with Gasteiger partial charge in [0.25, 0.3) is 5.91 Å². The van der Waals surface area contributed by atoms with E-state index in [0.717, 1.165) is 37.6 Å². The molecule has 1 saturated heterocycles. The van der Waals surface area contributed by atoms with Gasteiger partial charge in [0.05, 0.1) is 23.8 Å². The topological polar surface area (TPSA) is 110 Å². The summed E-state index contributed by atoms with van der Waals surface area (Å²) in [6, 6.07) is 2.87. The highest BCUT2D eigenvalue weighted by Crippen LogP contribution is 2.44. The van der Waals surface area contributed by atoms with Gasteiger partial charge in [-0.1, -0.05) is 6.92 Å². The van der Waals surface area contributed by atoms with Crippen LogP contribution in [-0.4, -0.2) is 47.0 Å². The van der Waals surface area contributed by atoms with Crippen molar-refractivity contribution in [3.63, 3.8) is 0 Å². The van der Waals surface area contributed by atoms with Crippen molar-refractivity contribution in [2.75, 3.05) is 20.2 Å². The molecule has 7 nitrogen and oxygen atoms in total. The number of allylic oxidation sites excluding steroid dienone is 1. The maximum absolute atomic E-state index is 13.9. The van der Waals surface area contributed by atoms with Gasteiger partial charge in [0.15, 0.2) is 5.88 Å². The summed E-state index contributed by atoms with van der Waals surface area (Å²) in [5.74, 6) is -0.550. The molecule has 28 heavy (non-hydrogen) atoms. The largest absolute Gasteiger partial charge is 0.482 e. The fraction of sp³-hybridized carbons (Fsp3) is 0.500. The molecule has 1 aromatic heterocycles. The molecule has 1 fully saturated rings. The van der Waals surface area contributed by atoms with Gasteiger partial charge >= 0.3 is 0 Å². The fourth-order valence-corrected chi connectivity index (χ4v) is 3.97. The van der Waals surface area contributed by atoms with Gasteiger partial charge in [-0.15, -0.1) is 0 Å². The third kappa shape index (κ3) is 3.56. The Kier molecular flexibility index (Phi) is 5.34. The number of methoxy groups -OCH3 is 1. The first-order valence-corrected chi connectivity index (χ1v) is 9.44. The number of likely N-dealkylation sites (tertiary alicyclic amines) is 1. The SMILES string of the molecule is COC(N)=C(c1nc2c(C(N)=O)cc(F)cc2[nH]1)C1(C)CCN(C(C)C)CC1. The molecule has 1 amide bonds. The number of amides is 1. The lowest BCUT2D eigenvalue weighted by atomic mass is 9.73. The molecule has 1 aliphatic heterocycles. The molecule has 0 spiro atoms. The Morgan fingerprint density at radius 3 is 2.50 bits per heavy atom. The van der Waals surface area contributed by atoms with Crippen LogP contribution in [0.2, 0.25) is 0 Å². The zero-order valence-corrected chi connectivity index (χ0v) is 16.8. The number of halogens is 1. The van der Waals surface area contributed by atoms with Gasteiger partial charge < -0.3 is 26.1 Å². The highest BCUT2D eigenvalue weighted by atomic mass is 19.1. The Balaban J connectivity index is 2.09. The highest BCUT2D eigenvalue weighted by molar-refractivity contribution is 6.04. The maximum atomic E-state index is 13.9. The van der Waals surface area contributed by atoms with E-state index in [-0.39, 0.29) is 16.9 Å². The van der Waals surface area contributed by atoms with E-state index < -0.39 is 11.7 Å². The summed E-state index contributed by atoms with van der Waals surface area (Å²) < 4.78 is 19.3. The second-order valence-corrected chi connectivity index (χ2v) is 7.93. The molecule has 8 heteroatoms. The number of imidazole rings is 1. The van der Waals surface area contributed by atoms with Crippen molar-refractivity contribution >= 4 is 22.5 Å². The molecule has 3 rings (SSSR count). The van der Waals surface area contributed by atoms with Crippen LogP contribution in [0, 0.1) is 11.2 Å². The third-order valence-electron chi connectivity index (χ3n) is 5.76. The number of piperidine rings is 1.